The first kappa shape index (κ1) is 26.0. The van der Waals surface area contributed by atoms with E-state index in [1.807, 2.05) is 61.1 Å². The summed E-state index contributed by atoms with van der Waals surface area (Å²) in [5, 5.41) is 0. The summed E-state index contributed by atoms with van der Waals surface area (Å²) in [5.74, 6) is 1.15. The lowest BCUT2D eigenvalue weighted by molar-refractivity contribution is 0.414. The van der Waals surface area contributed by atoms with E-state index in [0.29, 0.717) is 13.1 Å². The van der Waals surface area contributed by atoms with Crippen molar-refractivity contribution in [3.63, 3.8) is 0 Å². The highest BCUT2D eigenvalue weighted by molar-refractivity contribution is 5.93. The van der Waals surface area contributed by atoms with Gasteiger partial charge in [0.05, 0.1) is 43.6 Å². The Bertz CT molecular complexity index is 1530. The van der Waals surface area contributed by atoms with Gasteiger partial charge in [0.15, 0.2) is 0 Å². The van der Waals surface area contributed by atoms with Crippen LogP contribution in [0.5, 0.6) is 11.5 Å². The highest BCUT2D eigenvalue weighted by atomic mass is 19.1. The molecule has 0 radical (unpaired) electrons. The number of imidazole rings is 1. The van der Waals surface area contributed by atoms with E-state index in [1.165, 1.54) is 6.07 Å². The Morgan fingerprint density at radius 3 is 1.95 bits per heavy atom. The first-order valence-corrected chi connectivity index (χ1v) is 12.7. The van der Waals surface area contributed by atoms with E-state index in [9.17, 15) is 4.39 Å². The fourth-order valence-electron chi connectivity index (χ4n) is 4.77. The number of pyridine rings is 1. The molecule has 0 aliphatic heterocycles. The van der Waals surface area contributed by atoms with Crippen molar-refractivity contribution in [3.05, 3.63) is 102 Å². The van der Waals surface area contributed by atoms with Crippen LogP contribution in [0.1, 0.15) is 16.7 Å². The molecule has 2 aromatic heterocycles. The number of methoxy groups -OCH3 is 2. The van der Waals surface area contributed by atoms with Crippen LogP contribution in [-0.4, -0.2) is 35.8 Å². The number of aryl methyl sites for hydroxylation is 2. The fourth-order valence-corrected chi connectivity index (χ4v) is 4.77. The van der Waals surface area contributed by atoms with Crippen molar-refractivity contribution in [2.75, 3.05) is 31.1 Å². The number of rotatable bonds is 9. The topological polar surface area (TPSA) is 55.7 Å². The fraction of sp³-hybridized carbons (Fsp3) is 0.226. The van der Waals surface area contributed by atoms with Crippen molar-refractivity contribution in [3.8, 4) is 11.5 Å². The molecule has 8 heteroatoms. The van der Waals surface area contributed by atoms with Gasteiger partial charge in [0.25, 0.3) is 0 Å². The molecule has 0 saturated heterocycles. The van der Waals surface area contributed by atoms with E-state index in [2.05, 4.69) is 46.3 Å². The number of hydrogen-bond acceptors (Lipinski definition) is 6. The molecule has 0 atom stereocenters. The SMILES string of the molecule is COc1ccc(CN(Cc2ccc(OC)cc2)c2cc(N(C)c3cnc(F)cc3C)cc3c2ncn3C)cc1. The van der Waals surface area contributed by atoms with E-state index < -0.39 is 5.95 Å². The molecule has 0 N–H and O–H groups in total. The molecule has 0 amide bonds. The Balaban J connectivity index is 1.61. The van der Waals surface area contributed by atoms with E-state index in [4.69, 9.17) is 14.5 Å². The Labute approximate surface area is 228 Å². The number of halogens is 1. The van der Waals surface area contributed by atoms with Gasteiger partial charge >= 0.3 is 0 Å². The van der Waals surface area contributed by atoms with Gasteiger partial charge in [0, 0.05) is 32.9 Å². The Hall–Kier alpha value is -4.59. The van der Waals surface area contributed by atoms with Crippen molar-refractivity contribution < 1.29 is 13.9 Å². The largest absolute Gasteiger partial charge is 0.497 e. The van der Waals surface area contributed by atoms with Gasteiger partial charge < -0.3 is 23.8 Å². The maximum Gasteiger partial charge on any atom is 0.213 e. The zero-order valence-electron chi connectivity index (χ0n) is 22.9. The predicted octanol–water partition coefficient (Wildman–Crippen LogP) is 6.41. The summed E-state index contributed by atoms with van der Waals surface area (Å²) < 4.78 is 26.5. The van der Waals surface area contributed by atoms with E-state index in [0.717, 1.165) is 56.3 Å². The highest BCUT2D eigenvalue weighted by Crippen LogP contribution is 2.36. The number of aromatic nitrogens is 3. The van der Waals surface area contributed by atoms with Gasteiger partial charge in [-0.3, -0.25) is 0 Å². The normalized spacial score (nSPS) is 11.0. The van der Waals surface area contributed by atoms with Crippen molar-refractivity contribution in [1.82, 2.24) is 14.5 Å². The Kier molecular flexibility index (Phi) is 7.36. The smallest absolute Gasteiger partial charge is 0.213 e. The van der Waals surface area contributed by atoms with E-state index in [1.54, 1.807) is 20.4 Å². The monoisotopic (exact) mass is 525 g/mol. The molecule has 0 unspecified atom stereocenters. The minimum Gasteiger partial charge on any atom is -0.497 e. The third kappa shape index (κ3) is 5.50. The van der Waals surface area contributed by atoms with Crippen molar-refractivity contribution in [2.45, 2.75) is 20.0 Å². The van der Waals surface area contributed by atoms with Crippen molar-refractivity contribution in [2.24, 2.45) is 7.05 Å². The molecule has 200 valence electrons. The second kappa shape index (κ2) is 11.0. The van der Waals surface area contributed by atoms with Gasteiger partial charge in [0.1, 0.15) is 17.0 Å². The molecule has 0 aliphatic carbocycles. The zero-order valence-corrected chi connectivity index (χ0v) is 22.9. The van der Waals surface area contributed by atoms with Gasteiger partial charge in [-0.25, -0.2) is 9.97 Å². The van der Waals surface area contributed by atoms with Crippen LogP contribution in [0.3, 0.4) is 0 Å². The van der Waals surface area contributed by atoms with E-state index >= 15 is 0 Å². The zero-order chi connectivity index (χ0) is 27.5. The molecule has 0 bridgehead atoms. The molecule has 0 saturated carbocycles. The van der Waals surface area contributed by atoms with Gasteiger partial charge in [0.2, 0.25) is 5.95 Å². The van der Waals surface area contributed by atoms with Crippen molar-refractivity contribution in [1.29, 1.82) is 0 Å². The van der Waals surface area contributed by atoms with Crippen LogP contribution in [-0.2, 0) is 20.1 Å². The first-order valence-electron chi connectivity index (χ1n) is 12.7. The summed E-state index contributed by atoms with van der Waals surface area (Å²) in [7, 11) is 7.30. The highest BCUT2D eigenvalue weighted by Gasteiger charge is 2.19. The molecule has 3 aromatic carbocycles. The average molecular weight is 526 g/mol. The molecule has 39 heavy (non-hydrogen) atoms. The summed E-state index contributed by atoms with van der Waals surface area (Å²) in [6.45, 7) is 3.21. The molecule has 7 nitrogen and oxygen atoms in total. The van der Waals surface area contributed by atoms with Crippen LogP contribution in [0.15, 0.2) is 79.3 Å². The van der Waals surface area contributed by atoms with Crippen LogP contribution < -0.4 is 19.3 Å². The lowest BCUT2D eigenvalue weighted by Gasteiger charge is -2.28. The van der Waals surface area contributed by atoms with Gasteiger partial charge in [-0.15, -0.1) is 0 Å². The van der Waals surface area contributed by atoms with Crippen LogP contribution in [0.4, 0.5) is 21.5 Å². The van der Waals surface area contributed by atoms with E-state index in [-0.39, 0.29) is 0 Å². The van der Waals surface area contributed by atoms with Crippen molar-refractivity contribution >= 4 is 28.1 Å². The molecular weight excluding hydrogens is 493 g/mol. The van der Waals surface area contributed by atoms with Crippen LogP contribution in [0, 0.1) is 12.9 Å². The number of hydrogen-bond donors (Lipinski definition) is 0. The summed E-state index contributed by atoms with van der Waals surface area (Å²) in [4.78, 5) is 13.0. The van der Waals surface area contributed by atoms with Crippen LogP contribution in [0.25, 0.3) is 11.0 Å². The Morgan fingerprint density at radius 2 is 1.41 bits per heavy atom. The number of anilines is 3. The molecular formula is C31H32FN5O2. The van der Waals surface area contributed by atoms with Gasteiger partial charge in [-0.1, -0.05) is 24.3 Å². The minimum atomic E-state index is -0.488. The van der Waals surface area contributed by atoms with Gasteiger partial charge in [-0.05, 0) is 66.1 Å². The molecule has 5 aromatic rings. The van der Waals surface area contributed by atoms with Gasteiger partial charge in [-0.2, -0.15) is 4.39 Å². The lowest BCUT2D eigenvalue weighted by Crippen LogP contribution is -2.23. The third-order valence-corrected chi connectivity index (χ3v) is 7.00. The Morgan fingerprint density at radius 1 is 0.821 bits per heavy atom. The number of nitrogens with zero attached hydrogens (tertiary/aromatic N) is 5. The van der Waals surface area contributed by atoms with Crippen LogP contribution >= 0.6 is 0 Å². The average Bonchev–Trinajstić information content (AvgIpc) is 3.33. The molecule has 0 fully saturated rings. The second-order valence-electron chi connectivity index (χ2n) is 9.59. The molecule has 2 heterocycles. The summed E-state index contributed by atoms with van der Waals surface area (Å²) >= 11 is 0. The third-order valence-electron chi connectivity index (χ3n) is 7.00. The summed E-state index contributed by atoms with van der Waals surface area (Å²) in [6, 6.07) is 21.9. The second-order valence-corrected chi connectivity index (χ2v) is 9.59. The summed E-state index contributed by atoms with van der Waals surface area (Å²) in [5.41, 5.74) is 7.78. The maximum atomic E-state index is 13.7. The number of ether oxygens (including phenoxy) is 2. The predicted molar refractivity (Wildman–Crippen MR) is 154 cm³/mol. The quantitative estimate of drug-likeness (QED) is 0.207. The molecule has 5 rings (SSSR count). The molecule has 0 aliphatic rings. The molecule has 0 spiro atoms. The van der Waals surface area contributed by atoms with Crippen LogP contribution in [0.2, 0.25) is 0 Å². The minimum absolute atomic E-state index is 0.488. The number of benzene rings is 3. The lowest BCUT2D eigenvalue weighted by atomic mass is 10.1. The number of fused-ring (bicyclic) bond motifs is 1. The maximum absolute atomic E-state index is 13.7. The first-order chi connectivity index (χ1) is 18.9. The summed E-state index contributed by atoms with van der Waals surface area (Å²) in [6.07, 6.45) is 3.41. The standard InChI is InChI=1S/C31H32FN5O2/c1-21-14-30(32)33-17-29(21)36(3)24-15-27-31(34-20-35(27)2)28(16-24)37(18-22-6-10-25(38-4)11-7-22)19-23-8-12-26(39-5)13-9-23/h6-17,20H,18-19H2,1-5H3.